The van der Waals surface area contributed by atoms with Gasteiger partial charge in [0.15, 0.2) is 5.13 Å². The molecule has 1 aromatic heterocycles. The summed E-state index contributed by atoms with van der Waals surface area (Å²) in [5, 5.41) is 5.47. The van der Waals surface area contributed by atoms with Crippen LogP contribution >= 0.6 is 27.3 Å². The monoisotopic (exact) mass is 400 g/mol. The van der Waals surface area contributed by atoms with Crippen LogP contribution in [0.25, 0.3) is 11.3 Å². The number of anilines is 1. The molecule has 0 fully saturated rings. The fourth-order valence-corrected chi connectivity index (χ4v) is 3.47. The number of hydrogen-bond acceptors (Lipinski definition) is 3. The first-order valence-electron chi connectivity index (χ1n) is 7.59. The lowest BCUT2D eigenvalue weighted by Crippen LogP contribution is -2.14. The van der Waals surface area contributed by atoms with Crippen molar-refractivity contribution in [2.75, 3.05) is 5.32 Å². The molecule has 0 aliphatic carbocycles. The number of benzene rings is 2. The van der Waals surface area contributed by atoms with Gasteiger partial charge in [-0.05, 0) is 37.1 Å². The quantitative estimate of drug-likeness (QED) is 0.639. The SMILES string of the molecule is Cc1ccc(CC(=O)Nc2nc(-c3ccc(Br)cc3)cs2)c(C)c1. The van der Waals surface area contributed by atoms with E-state index in [0.29, 0.717) is 11.6 Å². The van der Waals surface area contributed by atoms with E-state index >= 15 is 0 Å². The van der Waals surface area contributed by atoms with Crippen LogP contribution in [0.3, 0.4) is 0 Å². The van der Waals surface area contributed by atoms with Crippen molar-refractivity contribution >= 4 is 38.3 Å². The molecule has 0 spiro atoms. The molecular weight excluding hydrogens is 384 g/mol. The molecule has 1 heterocycles. The molecule has 3 nitrogen and oxygen atoms in total. The van der Waals surface area contributed by atoms with E-state index in [1.807, 2.05) is 48.7 Å². The third-order valence-electron chi connectivity index (χ3n) is 3.74. The maximum Gasteiger partial charge on any atom is 0.230 e. The largest absolute Gasteiger partial charge is 0.302 e. The number of carbonyl (C=O) groups excluding carboxylic acids is 1. The minimum absolute atomic E-state index is 0.0429. The van der Waals surface area contributed by atoms with Gasteiger partial charge in [0.25, 0.3) is 0 Å². The highest BCUT2D eigenvalue weighted by Crippen LogP contribution is 2.26. The van der Waals surface area contributed by atoms with Gasteiger partial charge in [-0.1, -0.05) is 51.8 Å². The molecular formula is C19H17BrN2OS. The summed E-state index contributed by atoms with van der Waals surface area (Å²) in [6, 6.07) is 14.1. The fourth-order valence-electron chi connectivity index (χ4n) is 2.46. The zero-order valence-corrected chi connectivity index (χ0v) is 15.9. The van der Waals surface area contributed by atoms with Crippen LogP contribution in [0.15, 0.2) is 52.3 Å². The van der Waals surface area contributed by atoms with Crippen molar-refractivity contribution in [3.8, 4) is 11.3 Å². The Bertz CT molecular complexity index is 871. The van der Waals surface area contributed by atoms with Crippen LogP contribution in [-0.4, -0.2) is 10.9 Å². The third-order valence-corrected chi connectivity index (χ3v) is 5.03. The topological polar surface area (TPSA) is 42.0 Å². The Kier molecular flexibility index (Phi) is 5.11. The molecule has 2 aromatic carbocycles. The lowest BCUT2D eigenvalue weighted by molar-refractivity contribution is -0.115. The number of carbonyl (C=O) groups is 1. The molecule has 3 aromatic rings. The van der Waals surface area contributed by atoms with E-state index in [-0.39, 0.29) is 5.91 Å². The van der Waals surface area contributed by atoms with Crippen molar-refractivity contribution in [2.45, 2.75) is 20.3 Å². The number of nitrogens with one attached hydrogen (secondary N) is 1. The third kappa shape index (κ3) is 4.10. The molecule has 1 amide bonds. The minimum Gasteiger partial charge on any atom is -0.302 e. The summed E-state index contributed by atoms with van der Waals surface area (Å²) in [6.45, 7) is 4.08. The van der Waals surface area contributed by atoms with Crippen LogP contribution in [-0.2, 0) is 11.2 Å². The maximum atomic E-state index is 12.3. The number of nitrogens with zero attached hydrogens (tertiary/aromatic N) is 1. The molecule has 24 heavy (non-hydrogen) atoms. The van der Waals surface area contributed by atoms with Gasteiger partial charge < -0.3 is 5.32 Å². The maximum absolute atomic E-state index is 12.3. The summed E-state index contributed by atoms with van der Waals surface area (Å²) in [5.74, 6) is -0.0429. The summed E-state index contributed by atoms with van der Waals surface area (Å²) < 4.78 is 1.03. The second kappa shape index (κ2) is 7.28. The van der Waals surface area contributed by atoms with Crippen LogP contribution in [0.4, 0.5) is 5.13 Å². The molecule has 5 heteroatoms. The number of aryl methyl sites for hydroxylation is 2. The van der Waals surface area contributed by atoms with Gasteiger partial charge in [-0.25, -0.2) is 4.98 Å². The lowest BCUT2D eigenvalue weighted by Gasteiger charge is -2.06. The van der Waals surface area contributed by atoms with E-state index in [0.717, 1.165) is 26.9 Å². The Labute approximate surface area is 153 Å². The Morgan fingerprint density at radius 3 is 2.62 bits per heavy atom. The first-order chi connectivity index (χ1) is 11.5. The molecule has 0 unspecified atom stereocenters. The minimum atomic E-state index is -0.0429. The molecule has 0 atom stereocenters. The van der Waals surface area contributed by atoms with Gasteiger partial charge in [-0.3, -0.25) is 4.79 Å². The van der Waals surface area contributed by atoms with Gasteiger partial charge in [0.2, 0.25) is 5.91 Å². The van der Waals surface area contributed by atoms with Crippen molar-refractivity contribution in [3.63, 3.8) is 0 Å². The second-order valence-electron chi connectivity index (χ2n) is 5.70. The van der Waals surface area contributed by atoms with Crippen molar-refractivity contribution in [2.24, 2.45) is 0 Å². The molecule has 0 saturated heterocycles. The Balaban J connectivity index is 1.68. The summed E-state index contributed by atoms with van der Waals surface area (Å²) in [6.07, 6.45) is 0.360. The molecule has 0 aliphatic rings. The zero-order chi connectivity index (χ0) is 17.1. The first-order valence-corrected chi connectivity index (χ1v) is 9.26. The van der Waals surface area contributed by atoms with Gasteiger partial charge >= 0.3 is 0 Å². The Hall–Kier alpha value is -1.98. The van der Waals surface area contributed by atoms with E-state index in [1.54, 1.807) is 0 Å². The smallest absolute Gasteiger partial charge is 0.230 e. The van der Waals surface area contributed by atoms with E-state index in [4.69, 9.17) is 0 Å². The van der Waals surface area contributed by atoms with Crippen molar-refractivity contribution < 1.29 is 4.79 Å². The highest BCUT2D eigenvalue weighted by atomic mass is 79.9. The van der Waals surface area contributed by atoms with Gasteiger partial charge in [0.1, 0.15) is 0 Å². The molecule has 0 radical (unpaired) electrons. The molecule has 1 N–H and O–H groups in total. The number of aromatic nitrogens is 1. The van der Waals surface area contributed by atoms with Crippen LogP contribution in [0.5, 0.6) is 0 Å². The van der Waals surface area contributed by atoms with Gasteiger partial charge in [0.05, 0.1) is 12.1 Å². The zero-order valence-electron chi connectivity index (χ0n) is 13.5. The Morgan fingerprint density at radius 1 is 1.17 bits per heavy atom. The van der Waals surface area contributed by atoms with E-state index in [1.165, 1.54) is 16.9 Å². The van der Waals surface area contributed by atoms with Crippen molar-refractivity contribution in [1.82, 2.24) is 4.98 Å². The van der Waals surface area contributed by atoms with E-state index in [2.05, 4.69) is 39.2 Å². The standard InChI is InChI=1S/C19H17BrN2OS/c1-12-3-4-15(13(2)9-12)10-18(23)22-19-21-17(11-24-19)14-5-7-16(20)8-6-14/h3-9,11H,10H2,1-2H3,(H,21,22,23). The van der Waals surface area contributed by atoms with Crippen molar-refractivity contribution in [1.29, 1.82) is 0 Å². The molecule has 122 valence electrons. The number of hydrogen-bond donors (Lipinski definition) is 1. The highest BCUT2D eigenvalue weighted by molar-refractivity contribution is 9.10. The predicted octanol–water partition coefficient (Wildman–Crippen LogP) is 5.37. The summed E-state index contributed by atoms with van der Waals surface area (Å²) in [7, 11) is 0. The Morgan fingerprint density at radius 2 is 1.92 bits per heavy atom. The van der Waals surface area contributed by atoms with Crippen LogP contribution in [0.1, 0.15) is 16.7 Å². The molecule has 0 saturated carbocycles. The molecule has 3 rings (SSSR count). The van der Waals surface area contributed by atoms with Gasteiger partial charge in [0, 0.05) is 15.4 Å². The van der Waals surface area contributed by atoms with Crippen LogP contribution in [0, 0.1) is 13.8 Å². The van der Waals surface area contributed by atoms with Gasteiger partial charge in [-0.15, -0.1) is 11.3 Å². The lowest BCUT2D eigenvalue weighted by atomic mass is 10.0. The normalized spacial score (nSPS) is 10.6. The summed E-state index contributed by atoms with van der Waals surface area (Å²) >= 11 is 4.86. The number of amides is 1. The van der Waals surface area contributed by atoms with E-state index < -0.39 is 0 Å². The molecule has 0 aliphatic heterocycles. The number of rotatable bonds is 4. The van der Waals surface area contributed by atoms with Gasteiger partial charge in [-0.2, -0.15) is 0 Å². The summed E-state index contributed by atoms with van der Waals surface area (Å²) in [5.41, 5.74) is 5.29. The summed E-state index contributed by atoms with van der Waals surface area (Å²) in [4.78, 5) is 16.8. The fraction of sp³-hybridized carbons (Fsp3) is 0.158. The van der Waals surface area contributed by atoms with Crippen LogP contribution < -0.4 is 5.32 Å². The molecule has 0 bridgehead atoms. The second-order valence-corrected chi connectivity index (χ2v) is 7.47. The van der Waals surface area contributed by atoms with Crippen LogP contribution in [0.2, 0.25) is 0 Å². The number of halogens is 1. The first kappa shape index (κ1) is 16.9. The average molecular weight is 401 g/mol. The highest BCUT2D eigenvalue weighted by Gasteiger charge is 2.10. The number of thiazole rings is 1. The predicted molar refractivity (Wildman–Crippen MR) is 103 cm³/mol. The average Bonchev–Trinajstić information content (AvgIpc) is 2.99. The van der Waals surface area contributed by atoms with E-state index in [9.17, 15) is 4.79 Å². The van der Waals surface area contributed by atoms with Crippen molar-refractivity contribution in [3.05, 3.63) is 69.0 Å².